The molecule has 0 N–H and O–H groups in total. The summed E-state index contributed by atoms with van der Waals surface area (Å²) < 4.78 is 6.92. The van der Waals surface area contributed by atoms with Crippen LogP contribution in [0.2, 0.25) is 5.02 Å². The third kappa shape index (κ3) is 3.35. The van der Waals surface area contributed by atoms with Gasteiger partial charge in [0.1, 0.15) is 0 Å². The van der Waals surface area contributed by atoms with E-state index in [0.717, 1.165) is 30.2 Å². The maximum absolute atomic E-state index is 12.9. The van der Waals surface area contributed by atoms with Gasteiger partial charge in [-0.15, -0.1) is 0 Å². The van der Waals surface area contributed by atoms with Gasteiger partial charge in [0.15, 0.2) is 5.78 Å². The SMILES string of the molecule is O=C(c1cc(Cl)ccc1Br)C1CCOC2(CCCCC2)C1. The average molecular weight is 372 g/mol. The number of carbonyl (C=O) groups is 1. The summed E-state index contributed by atoms with van der Waals surface area (Å²) >= 11 is 9.52. The van der Waals surface area contributed by atoms with Crippen molar-refractivity contribution in [3.05, 3.63) is 33.3 Å². The first-order chi connectivity index (χ1) is 10.1. The monoisotopic (exact) mass is 370 g/mol. The average Bonchev–Trinajstić information content (AvgIpc) is 2.50. The van der Waals surface area contributed by atoms with Crippen LogP contribution in [0, 0.1) is 5.92 Å². The van der Waals surface area contributed by atoms with E-state index in [-0.39, 0.29) is 17.3 Å². The number of rotatable bonds is 2. The normalized spacial score (nSPS) is 25.0. The van der Waals surface area contributed by atoms with Gasteiger partial charge in [-0.3, -0.25) is 4.79 Å². The van der Waals surface area contributed by atoms with Gasteiger partial charge in [-0.25, -0.2) is 0 Å². The van der Waals surface area contributed by atoms with Crippen molar-refractivity contribution in [2.24, 2.45) is 5.92 Å². The molecule has 4 heteroatoms. The van der Waals surface area contributed by atoms with Crippen molar-refractivity contribution in [3.8, 4) is 0 Å². The van der Waals surface area contributed by atoms with Gasteiger partial charge >= 0.3 is 0 Å². The predicted molar refractivity (Wildman–Crippen MR) is 88.0 cm³/mol. The second kappa shape index (κ2) is 6.39. The smallest absolute Gasteiger partial charge is 0.167 e. The molecule has 2 aliphatic rings. The Morgan fingerprint density at radius 1 is 1.29 bits per heavy atom. The molecule has 0 aromatic heterocycles. The van der Waals surface area contributed by atoms with Crippen LogP contribution in [0.1, 0.15) is 55.3 Å². The fourth-order valence-electron chi connectivity index (χ4n) is 3.70. The third-order valence-corrected chi connectivity index (χ3v) is 5.75. The van der Waals surface area contributed by atoms with Crippen LogP contribution in [0.25, 0.3) is 0 Å². The number of hydrogen-bond donors (Lipinski definition) is 0. The van der Waals surface area contributed by atoms with Crippen LogP contribution in [0.4, 0.5) is 0 Å². The van der Waals surface area contributed by atoms with E-state index in [9.17, 15) is 4.79 Å². The number of hydrogen-bond acceptors (Lipinski definition) is 2. The topological polar surface area (TPSA) is 26.3 Å². The van der Waals surface area contributed by atoms with Crippen molar-refractivity contribution >= 4 is 33.3 Å². The molecule has 114 valence electrons. The van der Waals surface area contributed by atoms with Gasteiger partial charge in [0.05, 0.1) is 5.60 Å². The summed E-state index contributed by atoms with van der Waals surface area (Å²) in [6.07, 6.45) is 7.64. The van der Waals surface area contributed by atoms with E-state index in [1.165, 1.54) is 19.3 Å². The molecule has 0 amide bonds. The van der Waals surface area contributed by atoms with Crippen molar-refractivity contribution in [3.63, 3.8) is 0 Å². The molecule has 0 bridgehead atoms. The standard InChI is InChI=1S/C17H20BrClO2/c18-15-5-4-13(19)10-14(15)16(20)12-6-9-21-17(11-12)7-2-1-3-8-17/h4-5,10,12H,1-3,6-9,11H2. The molecular formula is C17H20BrClO2. The highest BCUT2D eigenvalue weighted by atomic mass is 79.9. The van der Waals surface area contributed by atoms with Gasteiger partial charge in [0.2, 0.25) is 0 Å². The molecule has 1 aromatic rings. The second-order valence-electron chi connectivity index (χ2n) is 6.27. The lowest BCUT2D eigenvalue weighted by Crippen LogP contribution is -2.43. The van der Waals surface area contributed by atoms with Crippen molar-refractivity contribution in [1.82, 2.24) is 0 Å². The van der Waals surface area contributed by atoms with Crippen LogP contribution >= 0.6 is 27.5 Å². The molecule has 1 unspecified atom stereocenters. The lowest BCUT2D eigenvalue weighted by molar-refractivity contribution is -0.111. The van der Waals surface area contributed by atoms with Crippen LogP contribution in [0.5, 0.6) is 0 Å². The van der Waals surface area contributed by atoms with Crippen molar-refractivity contribution in [2.75, 3.05) is 6.61 Å². The number of ketones is 1. The molecule has 1 heterocycles. The second-order valence-corrected chi connectivity index (χ2v) is 7.56. The lowest BCUT2D eigenvalue weighted by Gasteiger charge is -2.43. The van der Waals surface area contributed by atoms with Crippen molar-refractivity contribution < 1.29 is 9.53 Å². The molecule has 3 rings (SSSR count). The first kappa shape index (κ1) is 15.5. The minimum atomic E-state index is -0.0398. The summed E-state index contributed by atoms with van der Waals surface area (Å²) in [5.74, 6) is 0.268. The molecule has 1 atom stereocenters. The van der Waals surface area contributed by atoms with Gasteiger partial charge in [-0.05, 0) is 43.9 Å². The number of Topliss-reactive ketones (excluding diaryl/α,β-unsaturated/α-hetero) is 1. The first-order valence-corrected chi connectivity index (χ1v) is 8.90. The summed E-state index contributed by atoms with van der Waals surface area (Å²) in [6, 6.07) is 5.43. The van der Waals surface area contributed by atoms with Crippen molar-refractivity contribution in [2.45, 2.75) is 50.5 Å². The van der Waals surface area contributed by atoms with E-state index in [1.54, 1.807) is 12.1 Å². The molecule has 0 radical (unpaired) electrons. The van der Waals surface area contributed by atoms with Gasteiger partial charge in [-0.1, -0.05) is 46.8 Å². The highest BCUT2D eigenvalue weighted by Crippen LogP contribution is 2.42. The minimum absolute atomic E-state index is 0.0398. The van der Waals surface area contributed by atoms with E-state index >= 15 is 0 Å². The Morgan fingerprint density at radius 2 is 2.05 bits per heavy atom. The van der Waals surface area contributed by atoms with Gasteiger partial charge in [0, 0.05) is 27.6 Å². The van der Waals surface area contributed by atoms with Gasteiger partial charge in [-0.2, -0.15) is 0 Å². The molecule has 1 aliphatic carbocycles. The zero-order chi connectivity index (χ0) is 14.9. The van der Waals surface area contributed by atoms with Crippen LogP contribution < -0.4 is 0 Å². The fraction of sp³-hybridized carbons (Fsp3) is 0.588. The van der Waals surface area contributed by atoms with Crippen LogP contribution in [-0.4, -0.2) is 18.0 Å². The number of ether oxygens (including phenoxy) is 1. The Labute approximate surface area is 139 Å². The van der Waals surface area contributed by atoms with E-state index in [0.29, 0.717) is 17.2 Å². The Balaban J connectivity index is 1.79. The Hall–Kier alpha value is -0.380. The van der Waals surface area contributed by atoms with E-state index in [4.69, 9.17) is 16.3 Å². The van der Waals surface area contributed by atoms with Crippen LogP contribution in [-0.2, 0) is 4.74 Å². The number of halogens is 2. The quantitative estimate of drug-likeness (QED) is 0.649. The Kier molecular flexibility index (Phi) is 4.72. The van der Waals surface area contributed by atoms with Crippen LogP contribution in [0.3, 0.4) is 0 Å². The third-order valence-electron chi connectivity index (χ3n) is 4.82. The predicted octanol–water partition coefficient (Wildman–Crippen LogP) is 5.41. The number of carbonyl (C=O) groups excluding carboxylic acids is 1. The summed E-state index contributed by atoms with van der Waals surface area (Å²) in [7, 11) is 0. The molecule has 21 heavy (non-hydrogen) atoms. The summed E-state index contributed by atoms with van der Waals surface area (Å²) in [6.45, 7) is 0.703. The molecule has 1 saturated carbocycles. The summed E-state index contributed by atoms with van der Waals surface area (Å²) in [4.78, 5) is 12.9. The lowest BCUT2D eigenvalue weighted by atomic mass is 9.74. The van der Waals surface area contributed by atoms with E-state index < -0.39 is 0 Å². The minimum Gasteiger partial charge on any atom is -0.375 e. The number of benzene rings is 1. The molecular weight excluding hydrogens is 352 g/mol. The molecule has 2 nitrogen and oxygen atoms in total. The maximum atomic E-state index is 12.9. The first-order valence-electron chi connectivity index (χ1n) is 7.73. The molecule has 2 fully saturated rings. The Bertz CT molecular complexity index is 532. The fourth-order valence-corrected chi connectivity index (χ4v) is 4.32. The molecule has 1 saturated heterocycles. The van der Waals surface area contributed by atoms with Gasteiger partial charge in [0.25, 0.3) is 0 Å². The highest BCUT2D eigenvalue weighted by molar-refractivity contribution is 9.10. The molecule has 1 aromatic carbocycles. The van der Waals surface area contributed by atoms with Crippen LogP contribution in [0.15, 0.2) is 22.7 Å². The summed E-state index contributed by atoms with van der Waals surface area (Å²) in [5.41, 5.74) is 0.669. The van der Waals surface area contributed by atoms with Crippen molar-refractivity contribution in [1.29, 1.82) is 0 Å². The maximum Gasteiger partial charge on any atom is 0.167 e. The zero-order valence-electron chi connectivity index (χ0n) is 12.0. The van der Waals surface area contributed by atoms with Gasteiger partial charge < -0.3 is 4.74 Å². The highest BCUT2D eigenvalue weighted by Gasteiger charge is 2.41. The van der Waals surface area contributed by atoms with E-state index in [2.05, 4.69) is 15.9 Å². The molecule has 1 spiro atoms. The van der Waals surface area contributed by atoms with E-state index in [1.807, 2.05) is 6.07 Å². The Morgan fingerprint density at radius 3 is 2.81 bits per heavy atom. The zero-order valence-corrected chi connectivity index (χ0v) is 14.4. The molecule has 1 aliphatic heterocycles. The largest absolute Gasteiger partial charge is 0.375 e. The summed E-state index contributed by atoms with van der Waals surface area (Å²) in [5, 5.41) is 0.612.